The predicted molar refractivity (Wildman–Crippen MR) is 76.8 cm³/mol. The monoisotopic (exact) mass is 264 g/mol. The van der Waals surface area contributed by atoms with E-state index in [1.165, 1.54) is 0 Å². The molecule has 0 unspecified atom stereocenters. The third kappa shape index (κ3) is 6.94. The Morgan fingerprint density at radius 3 is 2.53 bits per heavy atom. The molecule has 0 aliphatic heterocycles. The minimum absolute atomic E-state index is 0.0518. The number of carbonyl (C=O) groups excluding carboxylic acids is 1. The summed E-state index contributed by atoms with van der Waals surface area (Å²) < 4.78 is 5.35. The molecule has 1 aromatic rings. The number of amides is 1. The predicted octanol–water partition coefficient (Wildman–Crippen LogP) is 1.62. The topological polar surface area (TPSA) is 64.3 Å². The Kier molecular flexibility index (Phi) is 7.86. The summed E-state index contributed by atoms with van der Waals surface area (Å²) in [5, 5.41) is 2.89. The molecule has 0 spiro atoms. The molecule has 0 atom stereocenters. The first kappa shape index (κ1) is 15.7. The Morgan fingerprint density at radius 2 is 1.89 bits per heavy atom. The second-order valence-corrected chi connectivity index (χ2v) is 4.51. The molecule has 0 aliphatic carbocycles. The summed E-state index contributed by atoms with van der Waals surface area (Å²) in [5.74, 6) is 0.0518. The SMILES string of the molecule is CCCOCCCNC(=O)Cc1ccc(CN)cc1. The van der Waals surface area contributed by atoms with Gasteiger partial charge in [0.15, 0.2) is 0 Å². The summed E-state index contributed by atoms with van der Waals surface area (Å²) in [6.07, 6.45) is 2.31. The lowest BCUT2D eigenvalue weighted by Crippen LogP contribution is -2.26. The summed E-state index contributed by atoms with van der Waals surface area (Å²) in [7, 11) is 0. The smallest absolute Gasteiger partial charge is 0.224 e. The lowest BCUT2D eigenvalue weighted by molar-refractivity contribution is -0.120. The van der Waals surface area contributed by atoms with E-state index >= 15 is 0 Å². The van der Waals surface area contributed by atoms with Gasteiger partial charge in [0.1, 0.15) is 0 Å². The molecular weight excluding hydrogens is 240 g/mol. The van der Waals surface area contributed by atoms with Gasteiger partial charge >= 0.3 is 0 Å². The minimum atomic E-state index is 0.0518. The van der Waals surface area contributed by atoms with Crippen LogP contribution in [0.2, 0.25) is 0 Å². The van der Waals surface area contributed by atoms with E-state index in [4.69, 9.17) is 10.5 Å². The number of carbonyl (C=O) groups is 1. The van der Waals surface area contributed by atoms with Gasteiger partial charge in [-0.3, -0.25) is 4.79 Å². The normalized spacial score (nSPS) is 10.4. The van der Waals surface area contributed by atoms with Crippen molar-refractivity contribution in [3.05, 3.63) is 35.4 Å². The Bertz CT molecular complexity index is 363. The maximum absolute atomic E-state index is 11.7. The highest BCUT2D eigenvalue weighted by molar-refractivity contribution is 5.78. The summed E-state index contributed by atoms with van der Waals surface area (Å²) in [6, 6.07) is 7.82. The van der Waals surface area contributed by atoms with Crippen LogP contribution in [0.3, 0.4) is 0 Å². The fourth-order valence-corrected chi connectivity index (χ4v) is 1.69. The Hall–Kier alpha value is -1.39. The number of rotatable bonds is 9. The molecule has 0 radical (unpaired) electrons. The van der Waals surface area contributed by atoms with Crippen LogP contribution in [0.1, 0.15) is 30.9 Å². The summed E-state index contributed by atoms with van der Waals surface area (Å²) in [5.41, 5.74) is 7.62. The third-order valence-electron chi connectivity index (χ3n) is 2.76. The van der Waals surface area contributed by atoms with Gasteiger partial charge in [0.05, 0.1) is 6.42 Å². The molecule has 0 saturated heterocycles. The van der Waals surface area contributed by atoms with E-state index in [0.29, 0.717) is 26.1 Å². The van der Waals surface area contributed by atoms with Crippen LogP contribution >= 0.6 is 0 Å². The maximum Gasteiger partial charge on any atom is 0.224 e. The van der Waals surface area contributed by atoms with Gasteiger partial charge in [0.25, 0.3) is 0 Å². The van der Waals surface area contributed by atoms with Crippen LogP contribution in [0.4, 0.5) is 0 Å². The average Bonchev–Trinajstić information content (AvgIpc) is 2.43. The van der Waals surface area contributed by atoms with E-state index in [0.717, 1.165) is 30.6 Å². The fraction of sp³-hybridized carbons (Fsp3) is 0.533. The molecule has 3 N–H and O–H groups in total. The highest BCUT2D eigenvalue weighted by atomic mass is 16.5. The molecule has 19 heavy (non-hydrogen) atoms. The molecule has 1 amide bonds. The summed E-state index contributed by atoms with van der Waals surface area (Å²) >= 11 is 0. The fourth-order valence-electron chi connectivity index (χ4n) is 1.69. The van der Waals surface area contributed by atoms with Gasteiger partial charge < -0.3 is 15.8 Å². The van der Waals surface area contributed by atoms with E-state index < -0.39 is 0 Å². The second kappa shape index (κ2) is 9.53. The molecule has 0 aliphatic rings. The zero-order valence-corrected chi connectivity index (χ0v) is 11.7. The van der Waals surface area contributed by atoms with Crippen LogP contribution in [0.15, 0.2) is 24.3 Å². The Balaban J connectivity index is 2.16. The number of nitrogens with one attached hydrogen (secondary N) is 1. The first-order chi connectivity index (χ1) is 9.26. The minimum Gasteiger partial charge on any atom is -0.381 e. The molecule has 4 nitrogen and oxygen atoms in total. The molecule has 0 aromatic heterocycles. The van der Waals surface area contributed by atoms with E-state index in [1.54, 1.807) is 0 Å². The zero-order valence-electron chi connectivity index (χ0n) is 11.7. The van der Waals surface area contributed by atoms with Gasteiger partial charge in [-0.05, 0) is 24.0 Å². The van der Waals surface area contributed by atoms with Gasteiger partial charge in [-0.25, -0.2) is 0 Å². The number of nitrogens with two attached hydrogens (primary N) is 1. The van der Waals surface area contributed by atoms with Crippen LogP contribution in [0.25, 0.3) is 0 Å². The van der Waals surface area contributed by atoms with Crippen molar-refractivity contribution in [2.45, 2.75) is 32.7 Å². The van der Waals surface area contributed by atoms with Gasteiger partial charge in [-0.2, -0.15) is 0 Å². The lowest BCUT2D eigenvalue weighted by Gasteiger charge is -2.06. The van der Waals surface area contributed by atoms with Gasteiger partial charge in [0, 0.05) is 26.3 Å². The highest BCUT2D eigenvalue weighted by Gasteiger charge is 2.02. The first-order valence-electron chi connectivity index (χ1n) is 6.88. The average molecular weight is 264 g/mol. The number of ether oxygens (including phenoxy) is 1. The molecule has 1 rings (SSSR count). The van der Waals surface area contributed by atoms with Crippen LogP contribution in [0, 0.1) is 0 Å². The van der Waals surface area contributed by atoms with Crippen LogP contribution in [-0.2, 0) is 22.5 Å². The van der Waals surface area contributed by atoms with E-state index in [-0.39, 0.29) is 5.91 Å². The van der Waals surface area contributed by atoms with Crippen LogP contribution in [0.5, 0.6) is 0 Å². The highest BCUT2D eigenvalue weighted by Crippen LogP contribution is 2.04. The Morgan fingerprint density at radius 1 is 1.21 bits per heavy atom. The molecule has 4 heteroatoms. The third-order valence-corrected chi connectivity index (χ3v) is 2.76. The van der Waals surface area contributed by atoms with Crippen molar-refractivity contribution in [2.24, 2.45) is 5.73 Å². The maximum atomic E-state index is 11.7. The van der Waals surface area contributed by atoms with E-state index in [2.05, 4.69) is 12.2 Å². The van der Waals surface area contributed by atoms with Crippen molar-refractivity contribution in [3.63, 3.8) is 0 Å². The summed E-state index contributed by atoms with van der Waals surface area (Å²) in [4.78, 5) is 11.7. The standard InChI is InChI=1S/C15H24N2O2/c1-2-9-19-10-3-8-17-15(18)11-13-4-6-14(12-16)7-5-13/h4-7H,2-3,8-12,16H2,1H3,(H,17,18). The second-order valence-electron chi connectivity index (χ2n) is 4.51. The van der Waals surface area contributed by atoms with Crippen molar-refractivity contribution in [1.29, 1.82) is 0 Å². The van der Waals surface area contributed by atoms with E-state index in [1.807, 2.05) is 24.3 Å². The molecule has 1 aromatic carbocycles. The number of hydrogen-bond donors (Lipinski definition) is 2. The molecular formula is C15H24N2O2. The van der Waals surface area contributed by atoms with E-state index in [9.17, 15) is 4.79 Å². The van der Waals surface area contributed by atoms with Crippen molar-refractivity contribution in [1.82, 2.24) is 5.32 Å². The zero-order chi connectivity index (χ0) is 13.9. The first-order valence-corrected chi connectivity index (χ1v) is 6.88. The van der Waals surface area contributed by atoms with Crippen molar-refractivity contribution < 1.29 is 9.53 Å². The van der Waals surface area contributed by atoms with Crippen molar-refractivity contribution in [3.8, 4) is 0 Å². The van der Waals surface area contributed by atoms with Gasteiger partial charge in [0.2, 0.25) is 5.91 Å². The van der Waals surface area contributed by atoms with Crippen molar-refractivity contribution in [2.75, 3.05) is 19.8 Å². The number of hydrogen-bond acceptors (Lipinski definition) is 3. The summed E-state index contributed by atoms with van der Waals surface area (Å²) in [6.45, 7) is 4.78. The van der Waals surface area contributed by atoms with Crippen LogP contribution in [-0.4, -0.2) is 25.7 Å². The lowest BCUT2D eigenvalue weighted by atomic mass is 10.1. The van der Waals surface area contributed by atoms with Crippen molar-refractivity contribution >= 4 is 5.91 Å². The quantitative estimate of drug-likeness (QED) is 0.666. The Labute approximate surface area is 115 Å². The molecule has 0 fully saturated rings. The molecule has 0 saturated carbocycles. The van der Waals surface area contributed by atoms with Gasteiger partial charge in [-0.1, -0.05) is 31.2 Å². The van der Waals surface area contributed by atoms with Crippen LogP contribution < -0.4 is 11.1 Å². The molecule has 106 valence electrons. The molecule has 0 bridgehead atoms. The molecule has 0 heterocycles. The number of benzene rings is 1. The van der Waals surface area contributed by atoms with Gasteiger partial charge in [-0.15, -0.1) is 0 Å². The largest absolute Gasteiger partial charge is 0.381 e.